The molecular formula is C25H41N3O4. The van der Waals surface area contributed by atoms with Crippen LogP contribution in [-0.2, 0) is 16.0 Å². The zero-order valence-electron chi connectivity index (χ0n) is 20.4. The fourth-order valence-electron chi connectivity index (χ4n) is 4.01. The summed E-state index contributed by atoms with van der Waals surface area (Å²) in [6, 6.07) is 9.21. The highest BCUT2D eigenvalue weighted by Crippen LogP contribution is 2.26. The van der Waals surface area contributed by atoms with Gasteiger partial charge in [0.15, 0.2) is 0 Å². The van der Waals surface area contributed by atoms with E-state index < -0.39 is 23.8 Å². The van der Waals surface area contributed by atoms with E-state index in [9.17, 15) is 14.7 Å². The number of aliphatic hydroxyl groups excluding tert-OH is 1. The summed E-state index contributed by atoms with van der Waals surface area (Å²) in [6.45, 7) is 11.6. The summed E-state index contributed by atoms with van der Waals surface area (Å²) in [7, 11) is 0. The van der Waals surface area contributed by atoms with Gasteiger partial charge in [-0.05, 0) is 66.4 Å². The summed E-state index contributed by atoms with van der Waals surface area (Å²) in [6.07, 6.45) is 1.77. The van der Waals surface area contributed by atoms with Gasteiger partial charge in [0.25, 0.3) is 0 Å². The number of hydrogen-bond acceptors (Lipinski definition) is 5. The minimum Gasteiger partial charge on any atom is -0.444 e. The van der Waals surface area contributed by atoms with Gasteiger partial charge in [-0.2, -0.15) is 0 Å². The molecule has 180 valence electrons. The van der Waals surface area contributed by atoms with Crippen molar-refractivity contribution in [3.63, 3.8) is 0 Å². The summed E-state index contributed by atoms with van der Waals surface area (Å²) in [4.78, 5) is 25.1. The number of carbonyl (C=O) groups excluding carboxylic acids is 2. The molecule has 4 atom stereocenters. The van der Waals surface area contributed by atoms with Crippen LogP contribution in [0.25, 0.3) is 0 Å². The highest BCUT2D eigenvalue weighted by Gasteiger charge is 2.35. The number of aliphatic hydroxyl groups is 1. The second kappa shape index (κ2) is 11.1. The molecule has 1 aliphatic rings. The van der Waals surface area contributed by atoms with Crippen molar-refractivity contribution in [3.05, 3.63) is 35.9 Å². The van der Waals surface area contributed by atoms with Crippen molar-refractivity contribution in [1.82, 2.24) is 16.0 Å². The van der Waals surface area contributed by atoms with Crippen molar-refractivity contribution in [1.29, 1.82) is 0 Å². The Morgan fingerprint density at radius 1 is 1.09 bits per heavy atom. The Bertz CT molecular complexity index is 740. The number of benzene rings is 1. The van der Waals surface area contributed by atoms with Gasteiger partial charge in [-0.3, -0.25) is 4.79 Å². The molecule has 1 aromatic rings. The third kappa shape index (κ3) is 9.17. The lowest BCUT2D eigenvalue weighted by atomic mass is 9.98. The van der Waals surface area contributed by atoms with Crippen LogP contribution in [-0.4, -0.2) is 53.0 Å². The maximum Gasteiger partial charge on any atom is 0.407 e. The van der Waals surface area contributed by atoms with Crippen LogP contribution in [0.4, 0.5) is 4.79 Å². The predicted octanol–water partition coefficient (Wildman–Crippen LogP) is 3.16. The van der Waals surface area contributed by atoms with E-state index in [0.717, 1.165) is 24.8 Å². The molecule has 1 aromatic carbocycles. The van der Waals surface area contributed by atoms with Crippen molar-refractivity contribution in [2.45, 2.75) is 96.6 Å². The Hall–Kier alpha value is -2.12. The molecule has 32 heavy (non-hydrogen) atoms. The predicted molar refractivity (Wildman–Crippen MR) is 126 cm³/mol. The number of amides is 2. The smallest absolute Gasteiger partial charge is 0.407 e. The van der Waals surface area contributed by atoms with Crippen LogP contribution in [0.2, 0.25) is 0 Å². The summed E-state index contributed by atoms with van der Waals surface area (Å²) < 4.78 is 5.39. The van der Waals surface area contributed by atoms with Crippen molar-refractivity contribution < 1.29 is 19.4 Å². The molecule has 7 heteroatoms. The van der Waals surface area contributed by atoms with E-state index in [-0.39, 0.29) is 30.0 Å². The van der Waals surface area contributed by atoms with Crippen LogP contribution in [0.3, 0.4) is 0 Å². The fourth-order valence-corrected chi connectivity index (χ4v) is 4.01. The van der Waals surface area contributed by atoms with Crippen LogP contribution in [0, 0.1) is 5.92 Å². The van der Waals surface area contributed by atoms with Crippen LogP contribution in [0.5, 0.6) is 0 Å². The molecule has 0 saturated heterocycles. The van der Waals surface area contributed by atoms with E-state index >= 15 is 0 Å². The third-order valence-corrected chi connectivity index (χ3v) is 5.41. The van der Waals surface area contributed by atoms with Crippen molar-refractivity contribution >= 4 is 12.0 Å². The number of alkyl carbamates (subject to hydrolysis) is 1. The third-order valence-electron chi connectivity index (χ3n) is 5.41. The van der Waals surface area contributed by atoms with Gasteiger partial charge in [-0.25, -0.2) is 4.79 Å². The first-order chi connectivity index (χ1) is 14.8. The zero-order valence-corrected chi connectivity index (χ0v) is 20.4. The standard InChI is InChI=1S/C25H41N3O4/c1-24(2,3)28-22(30)18-13-10-14-19(18)26-16-21(29)20(15-17-11-8-7-9-12-17)27-23(31)32-25(4,5)6/h7-9,11-12,18-21,26,29H,10,13-16H2,1-6H3,(H,27,31)(H,28,30)/t18-,19+,20+,21+/m1/s1. The van der Waals surface area contributed by atoms with E-state index in [1.807, 2.05) is 51.1 Å². The molecule has 4 N–H and O–H groups in total. The normalized spacial score (nSPS) is 21.0. The average Bonchev–Trinajstić information content (AvgIpc) is 3.12. The molecule has 0 radical (unpaired) electrons. The largest absolute Gasteiger partial charge is 0.444 e. The van der Waals surface area contributed by atoms with E-state index in [1.54, 1.807) is 20.8 Å². The molecular weight excluding hydrogens is 406 g/mol. The van der Waals surface area contributed by atoms with Gasteiger partial charge < -0.3 is 25.8 Å². The molecule has 1 saturated carbocycles. The number of ether oxygens (including phenoxy) is 1. The molecule has 0 spiro atoms. The first kappa shape index (κ1) is 26.1. The van der Waals surface area contributed by atoms with Gasteiger partial charge in [0.05, 0.1) is 18.1 Å². The van der Waals surface area contributed by atoms with Gasteiger partial charge in [0.1, 0.15) is 5.60 Å². The Labute approximate surface area is 192 Å². The topological polar surface area (TPSA) is 99.7 Å². The summed E-state index contributed by atoms with van der Waals surface area (Å²) in [5.74, 6) is -0.0671. The number of rotatable bonds is 8. The first-order valence-electron chi connectivity index (χ1n) is 11.6. The number of carbonyl (C=O) groups is 2. The number of nitrogens with one attached hydrogen (secondary N) is 3. The highest BCUT2D eigenvalue weighted by molar-refractivity contribution is 5.80. The lowest BCUT2D eigenvalue weighted by Crippen LogP contribution is -2.53. The molecule has 1 fully saturated rings. The SMILES string of the molecule is CC(C)(C)NC(=O)[C@@H]1CCC[C@@H]1NC[C@H](O)[C@H](Cc1ccccc1)NC(=O)OC(C)(C)C. The second-order valence-electron chi connectivity index (χ2n) is 10.8. The van der Waals surface area contributed by atoms with E-state index in [2.05, 4.69) is 16.0 Å². The lowest BCUT2D eigenvalue weighted by Gasteiger charge is -2.29. The van der Waals surface area contributed by atoms with Crippen LogP contribution in [0.15, 0.2) is 30.3 Å². The highest BCUT2D eigenvalue weighted by atomic mass is 16.6. The van der Waals surface area contributed by atoms with Gasteiger partial charge in [0.2, 0.25) is 5.91 Å². The molecule has 0 unspecified atom stereocenters. The van der Waals surface area contributed by atoms with Gasteiger partial charge in [-0.1, -0.05) is 36.8 Å². The Morgan fingerprint density at radius 3 is 2.34 bits per heavy atom. The Kier molecular flexibility index (Phi) is 9.10. The quantitative estimate of drug-likeness (QED) is 0.491. The van der Waals surface area contributed by atoms with E-state index in [0.29, 0.717) is 6.42 Å². The monoisotopic (exact) mass is 447 g/mol. The van der Waals surface area contributed by atoms with E-state index in [1.165, 1.54) is 0 Å². The minimum absolute atomic E-state index is 0.00546. The zero-order chi connectivity index (χ0) is 23.9. The van der Waals surface area contributed by atoms with Crippen molar-refractivity contribution in [3.8, 4) is 0 Å². The average molecular weight is 448 g/mol. The Balaban J connectivity index is 2.01. The maximum absolute atomic E-state index is 12.7. The van der Waals surface area contributed by atoms with Crippen molar-refractivity contribution in [2.24, 2.45) is 5.92 Å². The summed E-state index contributed by atoms with van der Waals surface area (Å²) in [5.41, 5.74) is 0.111. The van der Waals surface area contributed by atoms with Crippen LogP contribution in [0.1, 0.15) is 66.4 Å². The summed E-state index contributed by atoms with van der Waals surface area (Å²) in [5, 5.41) is 20.2. The molecule has 0 aromatic heterocycles. The van der Waals surface area contributed by atoms with Crippen LogP contribution >= 0.6 is 0 Å². The maximum atomic E-state index is 12.7. The van der Waals surface area contributed by atoms with Gasteiger partial charge >= 0.3 is 6.09 Å². The molecule has 0 heterocycles. The number of hydrogen-bond donors (Lipinski definition) is 4. The lowest BCUT2D eigenvalue weighted by molar-refractivity contribution is -0.126. The molecule has 0 bridgehead atoms. The molecule has 0 aliphatic heterocycles. The van der Waals surface area contributed by atoms with Gasteiger partial charge in [-0.15, -0.1) is 0 Å². The van der Waals surface area contributed by atoms with Crippen LogP contribution < -0.4 is 16.0 Å². The molecule has 7 nitrogen and oxygen atoms in total. The van der Waals surface area contributed by atoms with Crippen molar-refractivity contribution in [2.75, 3.05) is 6.54 Å². The Morgan fingerprint density at radius 2 is 1.75 bits per heavy atom. The van der Waals surface area contributed by atoms with Gasteiger partial charge in [0, 0.05) is 18.1 Å². The molecule has 1 aliphatic carbocycles. The second-order valence-corrected chi connectivity index (χ2v) is 10.8. The fraction of sp³-hybridized carbons (Fsp3) is 0.680. The summed E-state index contributed by atoms with van der Waals surface area (Å²) >= 11 is 0. The molecule has 2 amide bonds. The van der Waals surface area contributed by atoms with E-state index in [4.69, 9.17) is 4.74 Å². The minimum atomic E-state index is -0.838. The molecule has 2 rings (SSSR count). The first-order valence-corrected chi connectivity index (χ1v) is 11.6.